The molecule has 0 bridgehead atoms. The Balaban J connectivity index is 0.00000220. The number of carbonyl (C=O) groups is 1. The normalized spacial score (nSPS) is 17.9. The zero-order valence-corrected chi connectivity index (χ0v) is 13.9. The van der Waals surface area contributed by atoms with Gasteiger partial charge in [0, 0.05) is 30.4 Å². The van der Waals surface area contributed by atoms with E-state index in [2.05, 4.69) is 23.6 Å². The average Bonchev–Trinajstić information content (AvgIpc) is 2.46. The highest BCUT2D eigenvalue weighted by atomic mass is 35.5. The Morgan fingerprint density at radius 2 is 2.38 bits per heavy atom. The lowest BCUT2D eigenvalue weighted by Crippen LogP contribution is -2.43. The molecule has 0 aromatic heterocycles. The van der Waals surface area contributed by atoms with Crippen LogP contribution in [0.4, 0.5) is 5.69 Å². The standard InChI is InChI=1S/C15H22N2O2S.ClH/c1-2-20-11-12-4-3-5-13(8-12)17-15(18)9-14-10-19-7-6-16-14;/h3-5,8,14,16H,2,6-7,9-11H2,1H3,(H,17,18);1H. The molecule has 1 aliphatic rings. The molecule has 21 heavy (non-hydrogen) atoms. The third-order valence-electron chi connectivity index (χ3n) is 3.11. The molecule has 1 heterocycles. The number of ether oxygens (including phenoxy) is 1. The molecule has 1 fully saturated rings. The van der Waals surface area contributed by atoms with E-state index in [1.165, 1.54) is 5.56 Å². The van der Waals surface area contributed by atoms with Crippen molar-refractivity contribution in [3.63, 3.8) is 0 Å². The van der Waals surface area contributed by atoms with Crippen LogP contribution in [-0.4, -0.2) is 37.5 Å². The Labute approximate surface area is 136 Å². The summed E-state index contributed by atoms with van der Waals surface area (Å²) in [7, 11) is 0. The van der Waals surface area contributed by atoms with Crippen molar-refractivity contribution in [1.29, 1.82) is 0 Å². The van der Waals surface area contributed by atoms with Gasteiger partial charge in [-0.2, -0.15) is 11.8 Å². The van der Waals surface area contributed by atoms with Crippen LogP contribution in [0.25, 0.3) is 0 Å². The van der Waals surface area contributed by atoms with Gasteiger partial charge in [-0.25, -0.2) is 0 Å². The van der Waals surface area contributed by atoms with Crippen LogP contribution < -0.4 is 10.6 Å². The van der Waals surface area contributed by atoms with E-state index in [9.17, 15) is 4.79 Å². The second-order valence-corrected chi connectivity index (χ2v) is 6.09. The van der Waals surface area contributed by atoms with Gasteiger partial charge in [-0.3, -0.25) is 4.79 Å². The number of anilines is 1. The van der Waals surface area contributed by atoms with Crippen LogP contribution >= 0.6 is 24.2 Å². The van der Waals surface area contributed by atoms with Crippen LogP contribution in [0.2, 0.25) is 0 Å². The zero-order valence-electron chi connectivity index (χ0n) is 12.3. The van der Waals surface area contributed by atoms with Crippen molar-refractivity contribution in [3.8, 4) is 0 Å². The van der Waals surface area contributed by atoms with Crippen molar-refractivity contribution in [3.05, 3.63) is 29.8 Å². The highest BCUT2D eigenvalue weighted by molar-refractivity contribution is 7.98. The Hall–Kier alpha value is -0.750. The minimum Gasteiger partial charge on any atom is -0.378 e. The van der Waals surface area contributed by atoms with E-state index >= 15 is 0 Å². The summed E-state index contributed by atoms with van der Waals surface area (Å²) < 4.78 is 5.35. The summed E-state index contributed by atoms with van der Waals surface area (Å²) in [5, 5.41) is 6.25. The van der Waals surface area contributed by atoms with Crippen LogP contribution in [0.3, 0.4) is 0 Å². The molecule has 1 aromatic carbocycles. The first-order valence-corrected chi connectivity index (χ1v) is 8.21. The van der Waals surface area contributed by atoms with E-state index in [1.807, 2.05) is 30.0 Å². The SMILES string of the molecule is CCSCc1cccc(NC(=O)CC2COCCN2)c1.Cl. The maximum Gasteiger partial charge on any atom is 0.226 e. The first kappa shape index (κ1) is 18.3. The largest absolute Gasteiger partial charge is 0.378 e. The molecule has 6 heteroatoms. The number of nitrogens with one attached hydrogen (secondary N) is 2. The van der Waals surface area contributed by atoms with Crippen LogP contribution in [0.15, 0.2) is 24.3 Å². The topological polar surface area (TPSA) is 50.4 Å². The van der Waals surface area contributed by atoms with Gasteiger partial charge in [0.05, 0.1) is 13.2 Å². The fraction of sp³-hybridized carbons (Fsp3) is 0.533. The van der Waals surface area contributed by atoms with Gasteiger partial charge in [0.15, 0.2) is 0 Å². The molecule has 2 rings (SSSR count). The summed E-state index contributed by atoms with van der Waals surface area (Å²) >= 11 is 1.88. The molecule has 118 valence electrons. The molecule has 0 spiro atoms. The van der Waals surface area contributed by atoms with Gasteiger partial charge in [-0.1, -0.05) is 19.1 Å². The van der Waals surface area contributed by atoms with Gasteiger partial charge < -0.3 is 15.4 Å². The molecule has 1 aliphatic heterocycles. The minimum absolute atomic E-state index is 0. The van der Waals surface area contributed by atoms with Crippen molar-refractivity contribution >= 4 is 35.8 Å². The van der Waals surface area contributed by atoms with E-state index in [1.54, 1.807) is 0 Å². The summed E-state index contributed by atoms with van der Waals surface area (Å²) in [5.41, 5.74) is 2.12. The van der Waals surface area contributed by atoms with E-state index in [-0.39, 0.29) is 24.4 Å². The Morgan fingerprint density at radius 1 is 1.52 bits per heavy atom. The maximum absolute atomic E-state index is 12.0. The molecular formula is C15H23ClN2O2S. The van der Waals surface area contributed by atoms with Crippen molar-refractivity contribution in [1.82, 2.24) is 5.32 Å². The fourth-order valence-electron chi connectivity index (χ4n) is 2.15. The Morgan fingerprint density at radius 3 is 3.10 bits per heavy atom. The van der Waals surface area contributed by atoms with Crippen LogP contribution in [0, 0.1) is 0 Å². The van der Waals surface area contributed by atoms with Crippen molar-refractivity contribution < 1.29 is 9.53 Å². The second-order valence-electron chi connectivity index (χ2n) is 4.82. The number of hydrogen-bond acceptors (Lipinski definition) is 4. The third kappa shape index (κ3) is 6.70. The van der Waals surface area contributed by atoms with Crippen LogP contribution in [0.1, 0.15) is 18.9 Å². The van der Waals surface area contributed by atoms with Crippen LogP contribution in [0.5, 0.6) is 0 Å². The summed E-state index contributed by atoms with van der Waals surface area (Å²) in [6.45, 7) is 4.31. The maximum atomic E-state index is 12.0. The predicted molar refractivity (Wildman–Crippen MR) is 91.4 cm³/mol. The number of morpholine rings is 1. The Bertz CT molecular complexity index is 439. The van der Waals surface area contributed by atoms with Crippen molar-refractivity contribution in [2.45, 2.75) is 25.1 Å². The molecular weight excluding hydrogens is 308 g/mol. The van der Waals surface area contributed by atoms with E-state index in [0.29, 0.717) is 13.0 Å². The number of thioether (sulfide) groups is 1. The molecule has 0 aliphatic carbocycles. The summed E-state index contributed by atoms with van der Waals surface area (Å²) in [6, 6.07) is 8.19. The molecule has 1 atom stereocenters. The first-order valence-electron chi connectivity index (χ1n) is 7.05. The number of amides is 1. The fourth-order valence-corrected chi connectivity index (χ4v) is 2.76. The zero-order chi connectivity index (χ0) is 14.2. The van der Waals surface area contributed by atoms with Gasteiger partial charge in [0.2, 0.25) is 5.91 Å². The summed E-state index contributed by atoms with van der Waals surface area (Å²) in [6.07, 6.45) is 0.452. The van der Waals surface area contributed by atoms with Gasteiger partial charge in [0.25, 0.3) is 0 Å². The highest BCUT2D eigenvalue weighted by Crippen LogP contribution is 2.16. The average molecular weight is 331 g/mol. The van der Waals surface area contributed by atoms with Gasteiger partial charge >= 0.3 is 0 Å². The van der Waals surface area contributed by atoms with Crippen molar-refractivity contribution in [2.24, 2.45) is 0 Å². The minimum atomic E-state index is 0. The molecule has 1 unspecified atom stereocenters. The van der Waals surface area contributed by atoms with E-state index < -0.39 is 0 Å². The number of halogens is 1. The monoisotopic (exact) mass is 330 g/mol. The molecule has 1 aromatic rings. The number of benzene rings is 1. The second kappa shape index (κ2) is 10.1. The van der Waals surface area contributed by atoms with E-state index in [0.717, 1.165) is 30.3 Å². The van der Waals surface area contributed by atoms with Gasteiger partial charge in [-0.05, 0) is 23.4 Å². The third-order valence-corrected chi connectivity index (χ3v) is 4.06. The van der Waals surface area contributed by atoms with Crippen molar-refractivity contribution in [2.75, 3.05) is 30.8 Å². The molecule has 1 amide bonds. The van der Waals surface area contributed by atoms with Crippen LogP contribution in [-0.2, 0) is 15.3 Å². The predicted octanol–water partition coefficient (Wildman–Crippen LogP) is 2.68. The quantitative estimate of drug-likeness (QED) is 0.842. The van der Waals surface area contributed by atoms with Gasteiger partial charge in [-0.15, -0.1) is 12.4 Å². The molecule has 0 radical (unpaired) electrons. The number of hydrogen-bond donors (Lipinski definition) is 2. The molecule has 1 saturated heterocycles. The molecule has 2 N–H and O–H groups in total. The lowest BCUT2D eigenvalue weighted by molar-refractivity contribution is -0.117. The molecule has 0 saturated carbocycles. The highest BCUT2D eigenvalue weighted by Gasteiger charge is 2.16. The number of rotatable bonds is 6. The Kier molecular flexibility index (Phi) is 8.76. The lowest BCUT2D eigenvalue weighted by Gasteiger charge is -2.23. The lowest BCUT2D eigenvalue weighted by atomic mass is 10.1. The summed E-state index contributed by atoms with van der Waals surface area (Å²) in [5.74, 6) is 2.12. The van der Waals surface area contributed by atoms with Gasteiger partial charge in [0.1, 0.15) is 0 Å². The summed E-state index contributed by atoms with van der Waals surface area (Å²) in [4.78, 5) is 12.0. The van der Waals surface area contributed by atoms with E-state index in [4.69, 9.17) is 4.74 Å². The molecule has 4 nitrogen and oxygen atoms in total. The first-order chi connectivity index (χ1) is 9.78. The number of carbonyl (C=O) groups excluding carboxylic acids is 1. The smallest absolute Gasteiger partial charge is 0.226 e.